The standard InChI is InChI=1S/C12H11F3N2O4/c1-5-2-6(12(13,14)15)4-7(3-5)16-9(18)8-10(19)17-21-11(8)20/h2-4,8,10,17,19H,1H3,(H,16,18). The van der Waals surface area contributed by atoms with Crippen molar-refractivity contribution in [2.75, 3.05) is 5.32 Å². The number of hydroxylamine groups is 1. The Bertz CT molecular complexity index is 588. The Kier molecular flexibility index (Phi) is 3.88. The van der Waals surface area contributed by atoms with Crippen molar-refractivity contribution in [1.29, 1.82) is 0 Å². The normalized spacial score (nSPS) is 22.0. The van der Waals surface area contributed by atoms with E-state index >= 15 is 0 Å². The lowest BCUT2D eigenvalue weighted by molar-refractivity contribution is -0.147. The molecule has 1 amide bonds. The Morgan fingerprint density at radius 2 is 2.05 bits per heavy atom. The molecular weight excluding hydrogens is 293 g/mol. The van der Waals surface area contributed by atoms with Gasteiger partial charge < -0.3 is 15.3 Å². The van der Waals surface area contributed by atoms with E-state index in [2.05, 4.69) is 10.2 Å². The molecule has 1 fully saturated rings. The molecule has 2 unspecified atom stereocenters. The summed E-state index contributed by atoms with van der Waals surface area (Å²) in [6.07, 6.45) is -6.11. The molecule has 114 valence electrons. The fraction of sp³-hybridized carbons (Fsp3) is 0.333. The molecule has 1 saturated heterocycles. The highest BCUT2D eigenvalue weighted by Crippen LogP contribution is 2.32. The van der Waals surface area contributed by atoms with Gasteiger partial charge in [-0.1, -0.05) is 0 Å². The van der Waals surface area contributed by atoms with Crippen molar-refractivity contribution in [2.24, 2.45) is 5.92 Å². The van der Waals surface area contributed by atoms with Crippen LogP contribution in [0.1, 0.15) is 11.1 Å². The molecule has 1 aromatic rings. The van der Waals surface area contributed by atoms with Crippen LogP contribution in [0.3, 0.4) is 0 Å². The van der Waals surface area contributed by atoms with Crippen molar-refractivity contribution in [2.45, 2.75) is 19.3 Å². The molecule has 0 spiro atoms. The summed E-state index contributed by atoms with van der Waals surface area (Å²) >= 11 is 0. The quantitative estimate of drug-likeness (QED) is 0.708. The van der Waals surface area contributed by atoms with E-state index in [1.54, 1.807) is 0 Å². The number of aliphatic hydroxyl groups is 1. The number of anilines is 1. The molecule has 21 heavy (non-hydrogen) atoms. The number of rotatable bonds is 2. The highest BCUT2D eigenvalue weighted by molar-refractivity contribution is 6.05. The fourth-order valence-corrected chi connectivity index (χ4v) is 1.87. The van der Waals surface area contributed by atoms with E-state index < -0.39 is 35.8 Å². The largest absolute Gasteiger partial charge is 0.416 e. The first-order valence-corrected chi connectivity index (χ1v) is 5.82. The van der Waals surface area contributed by atoms with Gasteiger partial charge in [0.2, 0.25) is 5.91 Å². The first kappa shape index (κ1) is 15.3. The Morgan fingerprint density at radius 1 is 1.38 bits per heavy atom. The van der Waals surface area contributed by atoms with E-state index in [-0.39, 0.29) is 11.3 Å². The SMILES string of the molecule is Cc1cc(NC(=O)C2C(=O)ONC2O)cc(C(F)(F)F)c1. The van der Waals surface area contributed by atoms with E-state index in [4.69, 9.17) is 0 Å². The molecule has 0 aliphatic carbocycles. The minimum Gasteiger partial charge on any atom is -0.374 e. The third kappa shape index (κ3) is 3.31. The summed E-state index contributed by atoms with van der Waals surface area (Å²) in [6, 6.07) is 2.98. The van der Waals surface area contributed by atoms with E-state index in [0.29, 0.717) is 0 Å². The molecule has 0 saturated carbocycles. The van der Waals surface area contributed by atoms with E-state index in [0.717, 1.165) is 12.1 Å². The number of hydrogen-bond acceptors (Lipinski definition) is 5. The molecule has 1 aliphatic rings. The van der Waals surface area contributed by atoms with Gasteiger partial charge in [-0.15, -0.1) is 5.48 Å². The van der Waals surface area contributed by atoms with Crippen LogP contribution in [-0.2, 0) is 20.6 Å². The molecule has 0 bridgehead atoms. The van der Waals surface area contributed by atoms with Gasteiger partial charge in [-0.05, 0) is 30.7 Å². The Hall–Kier alpha value is -2.13. The van der Waals surface area contributed by atoms with Crippen molar-refractivity contribution in [3.05, 3.63) is 29.3 Å². The Balaban J connectivity index is 2.22. The van der Waals surface area contributed by atoms with Crippen LogP contribution in [0.25, 0.3) is 0 Å². The van der Waals surface area contributed by atoms with E-state index in [1.807, 2.05) is 5.48 Å². The first-order chi connectivity index (χ1) is 9.68. The number of aliphatic hydroxyl groups excluding tert-OH is 1. The van der Waals surface area contributed by atoms with Gasteiger partial charge in [0.25, 0.3) is 0 Å². The molecule has 0 radical (unpaired) electrons. The molecule has 1 aliphatic heterocycles. The smallest absolute Gasteiger partial charge is 0.374 e. The maximum Gasteiger partial charge on any atom is 0.416 e. The average Bonchev–Trinajstić information content (AvgIpc) is 2.67. The molecular formula is C12H11F3N2O4. The zero-order valence-electron chi connectivity index (χ0n) is 10.7. The molecule has 1 aromatic carbocycles. The lowest BCUT2D eigenvalue weighted by Gasteiger charge is -2.13. The molecule has 1 heterocycles. The van der Waals surface area contributed by atoms with Gasteiger partial charge in [-0.25, -0.2) is 4.79 Å². The predicted octanol–water partition coefficient (Wildman–Crippen LogP) is 0.948. The Morgan fingerprint density at radius 3 is 2.57 bits per heavy atom. The van der Waals surface area contributed by atoms with Crippen LogP contribution >= 0.6 is 0 Å². The Labute approximate surface area is 116 Å². The van der Waals surface area contributed by atoms with Crippen LogP contribution in [0, 0.1) is 12.8 Å². The minimum atomic E-state index is -4.56. The van der Waals surface area contributed by atoms with Crippen molar-refractivity contribution >= 4 is 17.6 Å². The van der Waals surface area contributed by atoms with Crippen molar-refractivity contribution in [3.8, 4) is 0 Å². The van der Waals surface area contributed by atoms with Gasteiger partial charge in [-0.2, -0.15) is 13.2 Å². The number of carbonyl (C=O) groups excluding carboxylic acids is 2. The molecule has 2 rings (SSSR count). The number of aryl methyl sites for hydroxylation is 1. The lowest BCUT2D eigenvalue weighted by Crippen LogP contribution is -2.36. The second kappa shape index (κ2) is 5.34. The van der Waals surface area contributed by atoms with Gasteiger partial charge in [0.05, 0.1) is 5.56 Å². The van der Waals surface area contributed by atoms with Crippen LogP contribution in [0.15, 0.2) is 18.2 Å². The molecule has 9 heteroatoms. The maximum atomic E-state index is 12.7. The second-order valence-corrected chi connectivity index (χ2v) is 4.54. The maximum absolute atomic E-state index is 12.7. The predicted molar refractivity (Wildman–Crippen MR) is 63.5 cm³/mol. The van der Waals surface area contributed by atoms with Gasteiger partial charge in [0.1, 0.15) is 0 Å². The third-order valence-corrected chi connectivity index (χ3v) is 2.80. The minimum absolute atomic E-state index is 0.126. The van der Waals surface area contributed by atoms with Crippen molar-refractivity contribution in [3.63, 3.8) is 0 Å². The van der Waals surface area contributed by atoms with Gasteiger partial charge >= 0.3 is 12.1 Å². The summed E-state index contributed by atoms with van der Waals surface area (Å²) in [5, 5.41) is 11.5. The monoisotopic (exact) mass is 304 g/mol. The third-order valence-electron chi connectivity index (χ3n) is 2.80. The summed E-state index contributed by atoms with van der Waals surface area (Å²) in [4.78, 5) is 27.3. The highest BCUT2D eigenvalue weighted by atomic mass is 19.4. The van der Waals surface area contributed by atoms with E-state index in [9.17, 15) is 27.9 Å². The fourth-order valence-electron chi connectivity index (χ4n) is 1.87. The lowest BCUT2D eigenvalue weighted by atomic mass is 10.1. The molecule has 6 nitrogen and oxygen atoms in total. The van der Waals surface area contributed by atoms with Gasteiger partial charge in [0, 0.05) is 5.69 Å². The van der Waals surface area contributed by atoms with E-state index in [1.165, 1.54) is 13.0 Å². The molecule has 0 aromatic heterocycles. The van der Waals surface area contributed by atoms with Gasteiger partial charge in [-0.3, -0.25) is 4.79 Å². The summed E-state index contributed by atoms with van der Waals surface area (Å²) in [5.74, 6) is -3.51. The first-order valence-electron chi connectivity index (χ1n) is 5.82. The summed E-state index contributed by atoms with van der Waals surface area (Å²) < 4.78 is 38.0. The molecule has 2 atom stereocenters. The topological polar surface area (TPSA) is 87.7 Å². The summed E-state index contributed by atoms with van der Waals surface area (Å²) in [5.41, 5.74) is 1.13. The number of benzene rings is 1. The highest BCUT2D eigenvalue weighted by Gasteiger charge is 2.42. The van der Waals surface area contributed by atoms with Crippen molar-refractivity contribution < 1.29 is 32.7 Å². The number of amides is 1. The van der Waals surface area contributed by atoms with Crippen LogP contribution in [0.5, 0.6) is 0 Å². The number of halogens is 3. The van der Waals surface area contributed by atoms with Crippen LogP contribution < -0.4 is 10.8 Å². The zero-order chi connectivity index (χ0) is 15.8. The average molecular weight is 304 g/mol. The van der Waals surface area contributed by atoms with Gasteiger partial charge in [0.15, 0.2) is 12.1 Å². The number of alkyl halides is 3. The number of carbonyl (C=O) groups is 2. The number of hydrogen-bond donors (Lipinski definition) is 3. The molecule has 3 N–H and O–H groups in total. The van der Waals surface area contributed by atoms with Crippen LogP contribution in [0.2, 0.25) is 0 Å². The van der Waals surface area contributed by atoms with Crippen LogP contribution in [0.4, 0.5) is 18.9 Å². The van der Waals surface area contributed by atoms with Crippen LogP contribution in [-0.4, -0.2) is 23.2 Å². The summed E-state index contributed by atoms with van der Waals surface area (Å²) in [6.45, 7) is 1.44. The summed E-state index contributed by atoms with van der Waals surface area (Å²) in [7, 11) is 0. The van der Waals surface area contributed by atoms with Crippen molar-refractivity contribution in [1.82, 2.24) is 5.48 Å². The second-order valence-electron chi connectivity index (χ2n) is 4.54. The zero-order valence-corrected chi connectivity index (χ0v) is 10.7. The number of nitrogens with one attached hydrogen (secondary N) is 2.